The van der Waals surface area contributed by atoms with Gasteiger partial charge in [0.15, 0.2) is 0 Å². The van der Waals surface area contributed by atoms with Crippen molar-refractivity contribution in [3.05, 3.63) is 60.2 Å². The normalized spacial score (nSPS) is 25.0. The molecule has 3 rings (SSSR count). The summed E-state index contributed by atoms with van der Waals surface area (Å²) in [5.74, 6) is -0.316. The Morgan fingerprint density at radius 1 is 1.16 bits per heavy atom. The Morgan fingerprint density at radius 2 is 1.76 bits per heavy atom. The van der Waals surface area contributed by atoms with Gasteiger partial charge in [0.2, 0.25) is 10.0 Å². The van der Waals surface area contributed by atoms with Gasteiger partial charge in [-0.3, -0.25) is 0 Å². The Hall–Kier alpha value is -1.73. The molecular weight excluding hydrogens is 338 g/mol. The molecule has 0 amide bonds. The third kappa shape index (κ3) is 3.77. The van der Waals surface area contributed by atoms with Crippen molar-refractivity contribution in [1.82, 2.24) is 0 Å². The Bertz CT molecular complexity index is 820. The molecule has 0 spiro atoms. The van der Waals surface area contributed by atoms with E-state index < -0.39 is 20.9 Å². The van der Waals surface area contributed by atoms with Crippen LogP contribution in [0.2, 0.25) is 0 Å². The number of benzene rings is 2. The van der Waals surface area contributed by atoms with Gasteiger partial charge in [0, 0.05) is 5.92 Å². The molecule has 3 unspecified atom stereocenters. The lowest BCUT2D eigenvalue weighted by atomic mass is 9.81. The molecule has 2 aromatic rings. The van der Waals surface area contributed by atoms with E-state index in [-0.39, 0.29) is 18.9 Å². The number of rotatable bonds is 5. The van der Waals surface area contributed by atoms with Crippen molar-refractivity contribution in [2.24, 2.45) is 11.1 Å². The molecule has 3 N–H and O–H groups in total. The number of nitrogens with two attached hydrogens (primary N) is 1. The Kier molecular flexibility index (Phi) is 4.97. The van der Waals surface area contributed by atoms with E-state index in [0.717, 1.165) is 16.7 Å². The van der Waals surface area contributed by atoms with Crippen LogP contribution in [-0.4, -0.2) is 32.0 Å². The zero-order valence-electron chi connectivity index (χ0n) is 14.1. The molecule has 2 aromatic carbocycles. The van der Waals surface area contributed by atoms with Gasteiger partial charge in [-0.25, -0.2) is 13.6 Å². The van der Waals surface area contributed by atoms with E-state index in [1.165, 1.54) is 0 Å². The van der Waals surface area contributed by atoms with Gasteiger partial charge in [-0.15, -0.1) is 0 Å². The molecule has 5 nitrogen and oxygen atoms in total. The molecule has 0 aliphatic carbocycles. The molecular formula is C19H23NO4S. The summed E-state index contributed by atoms with van der Waals surface area (Å²) < 4.78 is 28.5. The van der Waals surface area contributed by atoms with Crippen molar-refractivity contribution >= 4 is 10.0 Å². The van der Waals surface area contributed by atoms with Gasteiger partial charge in [0.1, 0.15) is 5.60 Å². The van der Waals surface area contributed by atoms with Crippen molar-refractivity contribution in [2.45, 2.75) is 24.2 Å². The standard InChI is InChI=1S/C19H23NO4S/c1-14(25(20,22)23)11-18-12-24-13-19(18,21)17-9-7-16(8-10-17)15-5-3-2-4-6-15/h2-10,14,18,21H,11-13H2,1H3,(H2,20,22,23). The van der Waals surface area contributed by atoms with Gasteiger partial charge in [0.25, 0.3) is 0 Å². The minimum Gasteiger partial charge on any atom is -0.382 e. The van der Waals surface area contributed by atoms with Crippen LogP contribution in [0, 0.1) is 5.92 Å². The molecule has 0 saturated carbocycles. The number of hydrogen-bond acceptors (Lipinski definition) is 4. The molecule has 25 heavy (non-hydrogen) atoms. The quantitative estimate of drug-likeness (QED) is 0.855. The predicted molar refractivity (Wildman–Crippen MR) is 97.3 cm³/mol. The maximum Gasteiger partial charge on any atom is 0.211 e. The second-order valence-corrected chi connectivity index (χ2v) is 8.70. The third-order valence-electron chi connectivity index (χ3n) is 4.99. The number of sulfonamides is 1. The summed E-state index contributed by atoms with van der Waals surface area (Å²) >= 11 is 0. The first-order valence-electron chi connectivity index (χ1n) is 8.28. The number of aliphatic hydroxyl groups is 1. The average Bonchev–Trinajstić information content (AvgIpc) is 2.97. The minimum absolute atomic E-state index is 0.152. The highest BCUT2D eigenvalue weighted by atomic mass is 32.2. The van der Waals surface area contributed by atoms with E-state index in [1.807, 2.05) is 54.6 Å². The summed E-state index contributed by atoms with van der Waals surface area (Å²) in [5, 5.41) is 15.6. The largest absolute Gasteiger partial charge is 0.382 e. The maximum atomic E-state index is 11.5. The van der Waals surface area contributed by atoms with Crippen molar-refractivity contribution in [1.29, 1.82) is 0 Å². The highest BCUT2D eigenvalue weighted by Crippen LogP contribution is 2.39. The number of ether oxygens (including phenoxy) is 1. The molecule has 134 valence electrons. The number of hydrogen-bond donors (Lipinski definition) is 2. The van der Waals surface area contributed by atoms with E-state index >= 15 is 0 Å². The first kappa shape index (κ1) is 18.1. The van der Waals surface area contributed by atoms with Gasteiger partial charge >= 0.3 is 0 Å². The molecule has 3 atom stereocenters. The second-order valence-electron chi connectivity index (χ2n) is 6.72. The minimum atomic E-state index is -3.63. The van der Waals surface area contributed by atoms with Crippen LogP contribution in [0.25, 0.3) is 11.1 Å². The zero-order chi connectivity index (χ0) is 18.1. The molecule has 1 saturated heterocycles. The van der Waals surface area contributed by atoms with Crippen molar-refractivity contribution in [2.75, 3.05) is 13.2 Å². The summed E-state index contributed by atoms with van der Waals surface area (Å²) in [6.45, 7) is 2.03. The first-order valence-corrected chi connectivity index (χ1v) is 9.89. The molecule has 1 heterocycles. The summed E-state index contributed by atoms with van der Waals surface area (Å²) in [6.07, 6.45) is 0.260. The van der Waals surface area contributed by atoms with Crippen LogP contribution in [0.1, 0.15) is 18.9 Å². The predicted octanol–water partition coefficient (Wildman–Crippen LogP) is 2.25. The monoisotopic (exact) mass is 361 g/mol. The van der Waals surface area contributed by atoms with Crippen LogP contribution in [0.15, 0.2) is 54.6 Å². The van der Waals surface area contributed by atoms with Crippen LogP contribution < -0.4 is 5.14 Å². The lowest BCUT2D eigenvalue weighted by Crippen LogP contribution is -2.38. The van der Waals surface area contributed by atoms with Crippen LogP contribution in [0.4, 0.5) is 0 Å². The van der Waals surface area contributed by atoms with Crippen LogP contribution in [0.5, 0.6) is 0 Å². The molecule has 1 fully saturated rings. The van der Waals surface area contributed by atoms with E-state index in [0.29, 0.717) is 6.61 Å². The van der Waals surface area contributed by atoms with Crippen LogP contribution in [-0.2, 0) is 20.4 Å². The average molecular weight is 361 g/mol. The van der Waals surface area contributed by atoms with Crippen LogP contribution >= 0.6 is 0 Å². The Labute approximate surface area is 148 Å². The highest BCUT2D eigenvalue weighted by molar-refractivity contribution is 7.89. The smallest absolute Gasteiger partial charge is 0.211 e. The molecule has 0 aromatic heterocycles. The van der Waals surface area contributed by atoms with E-state index in [4.69, 9.17) is 9.88 Å². The fourth-order valence-corrected chi connectivity index (χ4v) is 3.81. The summed E-state index contributed by atoms with van der Waals surface area (Å²) in [5.41, 5.74) is 1.69. The highest BCUT2D eigenvalue weighted by Gasteiger charge is 2.45. The Balaban J connectivity index is 1.84. The van der Waals surface area contributed by atoms with Gasteiger partial charge < -0.3 is 9.84 Å². The van der Waals surface area contributed by atoms with Crippen LogP contribution in [0.3, 0.4) is 0 Å². The van der Waals surface area contributed by atoms with E-state index in [9.17, 15) is 13.5 Å². The third-order valence-corrected chi connectivity index (χ3v) is 6.30. The first-order chi connectivity index (χ1) is 11.8. The van der Waals surface area contributed by atoms with Gasteiger partial charge in [-0.05, 0) is 30.0 Å². The number of primary sulfonamides is 1. The SMILES string of the molecule is CC(CC1COCC1(O)c1ccc(-c2ccccc2)cc1)S(N)(=O)=O. The molecule has 0 bridgehead atoms. The lowest BCUT2D eigenvalue weighted by Gasteiger charge is -2.30. The van der Waals surface area contributed by atoms with E-state index in [1.54, 1.807) is 6.92 Å². The molecule has 6 heteroatoms. The van der Waals surface area contributed by atoms with E-state index in [2.05, 4.69) is 0 Å². The maximum absolute atomic E-state index is 11.5. The van der Waals surface area contributed by atoms with Gasteiger partial charge in [-0.2, -0.15) is 0 Å². The van der Waals surface area contributed by atoms with Gasteiger partial charge in [0.05, 0.1) is 18.5 Å². The van der Waals surface area contributed by atoms with Crippen molar-refractivity contribution < 1.29 is 18.3 Å². The Morgan fingerprint density at radius 3 is 2.36 bits per heavy atom. The topological polar surface area (TPSA) is 89.6 Å². The van der Waals surface area contributed by atoms with Gasteiger partial charge in [-0.1, -0.05) is 54.6 Å². The lowest BCUT2D eigenvalue weighted by molar-refractivity contribution is -0.00577. The fraction of sp³-hybridized carbons (Fsp3) is 0.368. The van der Waals surface area contributed by atoms with Crippen molar-refractivity contribution in [3.8, 4) is 11.1 Å². The fourth-order valence-electron chi connectivity index (χ4n) is 3.31. The summed E-state index contributed by atoms with van der Waals surface area (Å²) in [4.78, 5) is 0. The van der Waals surface area contributed by atoms with Crippen molar-refractivity contribution in [3.63, 3.8) is 0 Å². The molecule has 0 radical (unpaired) electrons. The zero-order valence-corrected chi connectivity index (χ0v) is 14.9. The second kappa shape index (κ2) is 6.88. The summed E-state index contributed by atoms with van der Waals surface area (Å²) in [6, 6.07) is 17.7. The summed E-state index contributed by atoms with van der Waals surface area (Å²) in [7, 11) is -3.63. The molecule has 1 aliphatic rings. The molecule has 1 aliphatic heterocycles.